The van der Waals surface area contributed by atoms with Gasteiger partial charge in [0.05, 0.1) is 0 Å². The molecule has 1 heterocycles. The third kappa shape index (κ3) is 2.48. The molecule has 1 aliphatic rings. The SMILES string of the molecule is CCCC1(CCC)CCCNC1. The third-order valence-corrected chi connectivity index (χ3v) is 3.12. The Hall–Kier alpha value is -0.0400. The second kappa shape index (κ2) is 4.86. The summed E-state index contributed by atoms with van der Waals surface area (Å²) in [6.45, 7) is 7.14. The van der Waals surface area contributed by atoms with Gasteiger partial charge in [-0.05, 0) is 37.6 Å². The van der Waals surface area contributed by atoms with Crippen molar-refractivity contribution in [1.82, 2.24) is 5.32 Å². The van der Waals surface area contributed by atoms with E-state index in [2.05, 4.69) is 19.2 Å². The Morgan fingerprint density at radius 1 is 1.17 bits per heavy atom. The molecule has 12 heavy (non-hydrogen) atoms. The van der Waals surface area contributed by atoms with E-state index in [9.17, 15) is 0 Å². The Kier molecular flexibility index (Phi) is 4.07. The second-order valence-electron chi connectivity index (χ2n) is 4.28. The van der Waals surface area contributed by atoms with Gasteiger partial charge in [0.25, 0.3) is 0 Å². The van der Waals surface area contributed by atoms with Crippen molar-refractivity contribution < 1.29 is 0 Å². The number of hydrogen-bond donors (Lipinski definition) is 1. The average molecular weight is 169 g/mol. The molecule has 1 N–H and O–H groups in total. The van der Waals surface area contributed by atoms with Crippen molar-refractivity contribution in [1.29, 1.82) is 0 Å². The van der Waals surface area contributed by atoms with Gasteiger partial charge in [0.1, 0.15) is 0 Å². The van der Waals surface area contributed by atoms with Gasteiger partial charge in [-0.25, -0.2) is 0 Å². The first-order valence-corrected chi connectivity index (χ1v) is 5.54. The molecular formula is C11H23N. The average Bonchev–Trinajstić information content (AvgIpc) is 2.07. The van der Waals surface area contributed by atoms with E-state index in [1.807, 2.05) is 0 Å². The number of piperidine rings is 1. The lowest BCUT2D eigenvalue weighted by Gasteiger charge is -2.37. The maximum absolute atomic E-state index is 3.55. The zero-order valence-corrected chi connectivity index (χ0v) is 8.66. The number of hydrogen-bond acceptors (Lipinski definition) is 1. The summed E-state index contributed by atoms with van der Waals surface area (Å²) in [5, 5.41) is 3.55. The minimum absolute atomic E-state index is 0.668. The van der Waals surface area contributed by atoms with Gasteiger partial charge in [-0.2, -0.15) is 0 Å². The maximum atomic E-state index is 3.55. The fourth-order valence-electron chi connectivity index (χ4n) is 2.64. The Morgan fingerprint density at radius 3 is 2.25 bits per heavy atom. The predicted molar refractivity (Wildman–Crippen MR) is 54.4 cm³/mol. The van der Waals surface area contributed by atoms with Crippen LogP contribution in [0.4, 0.5) is 0 Å². The van der Waals surface area contributed by atoms with Gasteiger partial charge < -0.3 is 5.32 Å². The Balaban J connectivity index is 2.44. The predicted octanol–water partition coefficient (Wildman–Crippen LogP) is 2.96. The maximum Gasteiger partial charge on any atom is 0.000781 e. The highest BCUT2D eigenvalue weighted by atomic mass is 14.9. The molecule has 1 rings (SSSR count). The van der Waals surface area contributed by atoms with Crippen LogP contribution in [0.25, 0.3) is 0 Å². The number of nitrogens with one attached hydrogen (secondary N) is 1. The zero-order chi connectivity index (χ0) is 8.86. The van der Waals surface area contributed by atoms with Gasteiger partial charge in [-0.3, -0.25) is 0 Å². The summed E-state index contributed by atoms with van der Waals surface area (Å²) in [5.41, 5.74) is 0.668. The van der Waals surface area contributed by atoms with Crippen molar-refractivity contribution in [3.05, 3.63) is 0 Å². The quantitative estimate of drug-likeness (QED) is 0.682. The molecular weight excluding hydrogens is 146 g/mol. The van der Waals surface area contributed by atoms with Gasteiger partial charge in [-0.1, -0.05) is 26.7 Å². The Bertz CT molecular complexity index is 98.7. The van der Waals surface area contributed by atoms with E-state index in [1.165, 1.54) is 51.6 Å². The minimum Gasteiger partial charge on any atom is -0.316 e. The standard InChI is InChI=1S/C11H23N/c1-3-6-11(7-4-2)8-5-9-12-10-11/h12H,3-10H2,1-2H3. The molecule has 1 saturated heterocycles. The van der Waals surface area contributed by atoms with E-state index in [1.54, 1.807) is 0 Å². The molecule has 1 fully saturated rings. The summed E-state index contributed by atoms with van der Waals surface area (Å²) in [4.78, 5) is 0. The zero-order valence-electron chi connectivity index (χ0n) is 8.66. The van der Waals surface area contributed by atoms with E-state index < -0.39 is 0 Å². The van der Waals surface area contributed by atoms with Crippen LogP contribution in [0.2, 0.25) is 0 Å². The molecule has 0 amide bonds. The fraction of sp³-hybridized carbons (Fsp3) is 1.00. The minimum atomic E-state index is 0.668. The normalized spacial score (nSPS) is 22.5. The molecule has 0 spiro atoms. The molecule has 0 aliphatic carbocycles. The fourth-order valence-corrected chi connectivity index (χ4v) is 2.64. The van der Waals surface area contributed by atoms with Gasteiger partial charge in [-0.15, -0.1) is 0 Å². The summed E-state index contributed by atoms with van der Waals surface area (Å²) in [5.74, 6) is 0. The largest absolute Gasteiger partial charge is 0.316 e. The first-order valence-electron chi connectivity index (χ1n) is 5.54. The van der Waals surface area contributed by atoms with E-state index in [0.717, 1.165) is 0 Å². The lowest BCUT2D eigenvalue weighted by molar-refractivity contribution is 0.172. The van der Waals surface area contributed by atoms with Crippen LogP contribution in [-0.4, -0.2) is 13.1 Å². The highest BCUT2D eigenvalue weighted by molar-refractivity contribution is 4.84. The summed E-state index contributed by atoms with van der Waals surface area (Å²) in [7, 11) is 0. The molecule has 72 valence electrons. The number of rotatable bonds is 4. The van der Waals surface area contributed by atoms with E-state index >= 15 is 0 Å². The monoisotopic (exact) mass is 169 g/mol. The van der Waals surface area contributed by atoms with Crippen molar-refractivity contribution in [3.63, 3.8) is 0 Å². The topological polar surface area (TPSA) is 12.0 Å². The van der Waals surface area contributed by atoms with Crippen molar-refractivity contribution in [2.45, 2.75) is 52.4 Å². The van der Waals surface area contributed by atoms with Gasteiger partial charge >= 0.3 is 0 Å². The first kappa shape index (κ1) is 10.0. The lowest BCUT2D eigenvalue weighted by atomic mass is 9.74. The molecule has 1 heteroatoms. The third-order valence-electron chi connectivity index (χ3n) is 3.12. The van der Waals surface area contributed by atoms with Crippen LogP contribution >= 0.6 is 0 Å². The van der Waals surface area contributed by atoms with Gasteiger partial charge in [0.2, 0.25) is 0 Å². The van der Waals surface area contributed by atoms with E-state index in [0.29, 0.717) is 5.41 Å². The molecule has 0 aromatic carbocycles. The molecule has 0 atom stereocenters. The molecule has 0 bridgehead atoms. The molecule has 0 aromatic heterocycles. The van der Waals surface area contributed by atoms with Crippen molar-refractivity contribution in [3.8, 4) is 0 Å². The van der Waals surface area contributed by atoms with E-state index in [4.69, 9.17) is 0 Å². The smallest absolute Gasteiger partial charge is 0.000781 e. The summed E-state index contributed by atoms with van der Waals surface area (Å²) < 4.78 is 0. The van der Waals surface area contributed by atoms with Crippen LogP contribution in [0, 0.1) is 5.41 Å². The summed E-state index contributed by atoms with van der Waals surface area (Å²) in [6, 6.07) is 0. The van der Waals surface area contributed by atoms with Crippen LogP contribution in [-0.2, 0) is 0 Å². The molecule has 0 saturated carbocycles. The van der Waals surface area contributed by atoms with E-state index in [-0.39, 0.29) is 0 Å². The first-order chi connectivity index (χ1) is 5.83. The van der Waals surface area contributed by atoms with Crippen LogP contribution in [0.3, 0.4) is 0 Å². The molecule has 1 nitrogen and oxygen atoms in total. The highest BCUT2D eigenvalue weighted by Gasteiger charge is 2.29. The summed E-state index contributed by atoms with van der Waals surface area (Å²) in [6.07, 6.45) is 8.40. The Labute approximate surface area is 76.9 Å². The van der Waals surface area contributed by atoms with Crippen LogP contribution in [0.1, 0.15) is 52.4 Å². The van der Waals surface area contributed by atoms with Crippen LogP contribution in [0.5, 0.6) is 0 Å². The van der Waals surface area contributed by atoms with Crippen LogP contribution < -0.4 is 5.32 Å². The van der Waals surface area contributed by atoms with Crippen molar-refractivity contribution in [2.75, 3.05) is 13.1 Å². The lowest BCUT2D eigenvalue weighted by Crippen LogP contribution is -2.39. The Morgan fingerprint density at radius 2 is 1.83 bits per heavy atom. The molecule has 1 aliphatic heterocycles. The van der Waals surface area contributed by atoms with Crippen LogP contribution in [0.15, 0.2) is 0 Å². The second-order valence-corrected chi connectivity index (χ2v) is 4.28. The molecule has 0 radical (unpaired) electrons. The van der Waals surface area contributed by atoms with Gasteiger partial charge in [0, 0.05) is 6.54 Å². The summed E-state index contributed by atoms with van der Waals surface area (Å²) >= 11 is 0. The molecule has 0 aromatic rings. The van der Waals surface area contributed by atoms with Gasteiger partial charge in [0.15, 0.2) is 0 Å². The van der Waals surface area contributed by atoms with Crippen molar-refractivity contribution in [2.24, 2.45) is 5.41 Å². The highest BCUT2D eigenvalue weighted by Crippen LogP contribution is 2.35. The van der Waals surface area contributed by atoms with Crippen molar-refractivity contribution >= 4 is 0 Å². The molecule has 0 unspecified atom stereocenters.